The summed E-state index contributed by atoms with van der Waals surface area (Å²) >= 11 is 0. The van der Waals surface area contributed by atoms with Crippen molar-refractivity contribution in [1.29, 1.82) is 0 Å². The minimum Gasteiger partial charge on any atom is -0.464 e. The number of ether oxygens (including phenoxy) is 1. The number of benzene rings is 1. The summed E-state index contributed by atoms with van der Waals surface area (Å²) in [5.74, 6) is -0.555. The van der Waals surface area contributed by atoms with E-state index < -0.39 is 30.3 Å². The molecule has 1 aliphatic heterocycles. The van der Waals surface area contributed by atoms with Crippen LogP contribution in [0.1, 0.15) is 47.1 Å². The number of hydrogen-bond donors (Lipinski definition) is 0. The molecule has 0 aromatic heterocycles. The normalized spacial score (nSPS) is 18.9. The number of nitrogens with zero attached hydrogens (tertiary/aromatic N) is 1. The lowest BCUT2D eigenvalue weighted by atomic mass is 9.78. The molecular weight excluding hydrogens is 345 g/mol. The molecule has 1 saturated heterocycles. The molecule has 1 atom stereocenters. The third kappa shape index (κ3) is 4.71. The molecule has 1 aromatic carbocycles. The molecule has 0 radical (unpaired) electrons. The van der Waals surface area contributed by atoms with E-state index in [2.05, 4.69) is 0 Å². The van der Waals surface area contributed by atoms with Crippen LogP contribution in [0.4, 0.5) is 0 Å². The second-order valence-electron chi connectivity index (χ2n) is 7.94. The number of carbonyl (C=O) groups is 2. The second-order valence-corrected chi connectivity index (χ2v) is 7.94. The first kappa shape index (κ1) is 21.4. The number of amides is 1. The molecule has 1 aliphatic rings. The third-order valence-corrected chi connectivity index (χ3v) is 5.43. The minimum absolute atomic E-state index is 0.151. The number of esters is 1. The van der Waals surface area contributed by atoms with Gasteiger partial charge in [0.2, 0.25) is 5.91 Å². The maximum atomic E-state index is 12.6. The van der Waals surface area contributed by atoms with Crippen molar-refractivity contribution in [3.63, 3.8) is 0 Å². The van der Waals surface area contributed by atoms with Gasteiger partial charge >= 0.3 is 13.1 Å². The molecule has 0 bridgehead atoms. The van der Waals surface area contributed by atoms with Gasteiger partial charge in [-0.05, 0) is 52.6 Å². The summed E-state index contributed by atoms with van der Waals surface area (Å²) in [6, 6.07) is 7.00. The Labute approximate surface area is 162 Å². The number of rotatable bonds is 6. The summed E-state index contributed by atoms with van der Waals surface area (Å²) in [6.45, 7) is 11.7. The van der Waals surface area contributed by atoms with Gasteiger partial charge in [-0.15, -0.1) is 0 Å². The van der Waals surface area contributed by atoms with Crippen LogP contribution in [-0.4, -0.2) is 54.8 Å². The van der Waals surface area contributed by atoms with Gasteiger partial charge in [0.1, 0.15) is 6.04 Å². The highest BCUT2D eigenvalue weighted by Crippen LogP contribution is 2.36. The Bertz CT molecular complexity index is 687. The Balaban J connectivity index is 2.08. The van der Waals surface area contributed by atoms with Crippen molar-refractivity contribution in [2.24, 2.45) is 0 Å². The van der Waals surface area contributed by atoms with E-state index in [1.54, 1.807) is 20.9 Å². The second kappa shape index (κ2) is 8.03. The van der Waals surface area contributed by atoms with Crippen LogP contribution in [0, 0.1) is 0 Å². The molecule has 1 amide bonds. The summed E-state index contributed by atoms with van der Waals surface area (Å²) in [4.78, 5) is 25.8. The van der Waals surface area contributed by atoms with Gasteiger partial charge in [-0.1, -0.05) is 24.3 Å². The molecule has 6 nitrogen and oxygen atoms in total. The first-order valence-electron chi connectivity index (χ1n) is 9.35. The zero-order chi connectivity index (χ0) is 20.4. The van der Waals surface area contributed by atoms with Crippen LogP contribution in [0.25, 0.3) is 0 Å². The average molecular weight is 375 g/mol. The zero-order valence-electron chi connectivity index (χ0n) is 17.4. The predicted octanol–water partition coefficient (Wildman–Crippen LogP) is 1.94. The molecule has 0 aliphatic carbocycles. The standard InChI is InChI=1S/C20H30BNO5/c1-8-25-18(24)14(2)22(7)17(23)13-15-10-9-11-16(12-15)21-26-19(3,4)20(5,6)27-21/h9-12,14H,8,13H2,1-7H3. The van der Waals surface area contributed by atoms with E-state index in [-0.39, 0.29) is 12.3 Å². The molecular formula is C20H30BNO5. The van der Waals surface area contributed by atoms with Gasteiger partial charge in [0.25, 0.3) is 0 Å². The van der Waals surface area contributed by atoms with Crippen LogP contribution >= 0.6 is 0 Å². The quantitative estimate of drug-likeness (QED) is 0.562. The van der Waals surface area contributed by atoms with E-state index in [0.29, 0.717) is 6.61 Å². The Morgan fingerprint density at radius 2 is 1.78 bits per heavy atom. The molecule has 0 spiro atoms. The topological polar surface area (TPSA) is 65.1 Å². The lowest BCUT2D eigenvalue weighted by molar-refractivity contribution is -0.152. The largest absolute Gasteiger partial charge is 0.494 e. The Kier molecular flexibility index (Phi) is 6.37. The van der Waals surface area contributed by atoms with Crippen LogP contribution in [0.2, 0.25) is 0 Å². The highest BCUT2D eigenvalue weighted by atomic mass is 16.7. The monoisotopic (exact) mass is 375 g/mol. The fourth-order valence-corrected chi connectivity index (χ4v) is 2.77. The van der Waals surface area contributed by atoms with Gasteiger partial charge < -0.3 is 18.9 Å². The van der Waals surface area contributed by atoms with E-state index in [4.69, 9.17) is 14.0 Å². The molecule has 1 unspecified atom stereocenters. The molecule has 27 heavy (non-hydrogen) atoms. The fraction of sp³-hybridized carbons (Fsp3) is 0.600. The van der Waals surface area contributed by atoms with Crippen LogP contribution in [-0.2, 0) is 30.1 Å². The molecule has 2 rings (SSSR count). The lowest BCUT2D eigenvalue weighted by Crippen LogP contribution is -2.42. The fourth-order valence-electron chi connectivity index (χ4n) is 2.77. The summed E-state index contributed by atoms with van der Waals surface area (Å²) in [7, 11) is 1.14. The first-order valence-corrected chi connectivity index (χ1v) is 9.35. The molecule has 148 valence electrons. The predicted molar refractivity (Wildman–Crippen MR) is 105 cm³/mol. The SMILES string of the molecule is CCOC(=O)C(C)N(C)C(=O)Cc1cccc(B2OC(C)(C)C(C)(C)O2)c1. The zero-order valence-corrected chi connectivity index (χ0v) is 17.4. The van der Waals surface area contributed by atoms with E-state index in [9.17, 15) is 9.59 Å². The maximum absolute atomic E-state index is 12.6. The number of hydrogen-bond acceptors (Lipinski definition) is 5. The van der Waals surface area contributed by atoms with Gasteiger partial charge in [0, 0.05) is 7.05 Å². The van der Waals surface area contributed by atoms with Gasteiger partial charge in [0.05, 0.1) is 24.2 Å². The Morgan fingerprint density at radius 3 is 2.33 bits per heavy atom. The van der Waals surface area contributed by atoms with Crippen molar-refractivity contribution in [3.8, 4) is 0 Å². The van der Waals surface area contributed by atoms with Crippen LogP contribution in [0.15, 0.2) is 24.3 Å². The van der Waals surface area contributed by atoms with Crippen LogP contribution < -0.4 is 5.46 Å². The minimum atomic E-state index is -0.622. The molecule has 1 heterocycles. The third-order valence-electron chi connectivity index (χ3n) is 5.43. The van der Waals surface area contributed by atoms with Crippen molar-refractivity contribution in [1.82, 2.24) is 4.90 Å². The van der Waals surface area contributed by atoms with Crippen molar-refractivity contribution in [3.05, 3.63) is 29.8 Å². The van der Waals surface area contributed by atoms with Crippen molar-refractivity contribution < 1.29 is 23.6 Å². The maximum Gasteiger partial charge on any atom is 0.494 e. The lowest BCUT2D eigenvalue weighted by Gasteiger charge is -2.32. The summed E-state index contributed by atoms with van der Waals surface area (Å²) in [5, 5.41) is 0. The highest BCUT2D eigenvalue weighted by molar-refractivity contribution is 6.62. The number of carbonyl (C=O) groups excluding carboxylic acids is 2. The van der Waals surface area contributed by atoms with E-state index >= 15 is 0 Å². The Hall–Kier alpha value is -1.86. The smallest absolute Gasteiger partial charge is 0.464 e. The van der Waals surface area contributed by atoms with Gasteiger partial charge in [0.15, 0.2) is 0 Å². The first-order chi connectivity index (χ1) is 12.5. The van der Waals surface area contributed by atoms with Gasteiger partial charge in [-0.3, -0.25) is 4.79 Å². The molecule has 1 aromatic rings. The molecule has 7 heteroatoms. The van der Waals surface area contributed by atoms with E-state index in [1.807, 2.05) is 52.0 Å². The van der Waals surface area contributed by atoms with Crippen molar-refractivity contribution >= 4 is 24.5 Å². The van der Waals surface area contributed by atoms with Gasteiger partial charge in [-0.2, -0.15) is 0 Å². The van der Waals surface area contributed by atoms with Crippen molar-refractivity contribution in [2.45, 2.75) is 65.2 Å². The van der Waals surface area contributed by atoms with Gasteiger partial charge in [-0.25, -0.2) is 4.79 Å². The molecule has 0 N–H and O–H groups in total. The van der Waals surface area contributed by atoms with E-state index in [1.165, 1.54) is 4.90 Å². The summed E-state index contributed by atoms with van der Waals surface area (Å²) in [5.41, 5.74) is 0.882. The van der Waals surface area contributed by atoms with E-state index in [0.717, 1.165) is 11.0 Å². The van der Waals surface area contributed by atoms with Crippen LogP contribution in [0.5, 0.6) is 0 Å². The summed E-state index contributed by atoms with van der Waals surface area (Å²) in [6.07, 6.45) is 0.188. The van der Waals surface area contributed by atoms with Crippen LogP contribution in [0.3, 0.4) is 0 Å². The highest BCUT2D eigenvalue weighted by Gasteiger charge is 2.51. The average Bonchev–Trinajstić information content (AvgIpc) is 2.81. The molecule has 0 saturated carbocycles. The summed E-state index contributed by atoms with van der Waals surface area (Å²) < 4.78 is 17.1. The number of likely N-dealkylation sites (N-methyl/N-ethyl adjacent to an activating group) is 1. The molecule has 1 fully saturated rings. The Morgan fingerprint density at radius 1 is 1.19 bits per heavy atom. The van der Waals surface area contributed by atoms with Crippen molar-refractivity contribution in [2.75, 3.05) is 13.7 Å².